The molecule has 1 aromatic rings. The van der Waals surface area contributed by atoms with Gasteiger partial charge in [-0.3, -0.25) is 0 Å². The Morgan fingerprint density at radius 3 is 2.14 bits per heavy atom. The summed E-state index contributed by atoms with van der Waals surface area (Å²) in [6, 6.07) is 3.33. The zero-order chi connectivity index (χ0) is 25.2. The molecule has 4 rings (SSSR count). The predicted molar refractivity (Wildman–Crippen MR) is 141 cm³/mol. The van der Waals surface area contributed by atoms with E-state index in [9.17, 15) is 16.8 Å². The van der Waals surface area contributed by atoms with Crippen molar-refractivity contribution in [2.45, 2.75) is 63.7 Å². The number of aryl methyl sites for hydroxylation is 2. The summed E-state index contributed by atoms with van der Waals surface area (Å²) in [5, 5.41) is 0.557. The lowest BCUT2D eigenvalue weighted by molar-refractivity contribution is 0.231. The monoisotopic (exact) mass is 545 g/mol. The molecule has 1 atom stereocenters. The summed E-state index contributed by atoms with van der Waals surface area (Å²) < 4.78 is 55.7. The SMILES string of the molecule is Cc1cc(S(=O)(=O)N2CCC(CCS(=O)(=O)N3CCC(CCN4CCCC4)CC3)C2)c(C)cc1Cl. The Morgan fingerprint density at radius 2 is 1.46 bits per heavy atom. The fourth-order valence-corrected chi connectivity index (χ4v) is 9.41. The number of likely N-dealkylation sites (tertiary alicyclic amines) is 1. The Kier molecular flexibility index (Phi) is 8.87. The minimum Gasteiger partial charge on any atom is -0.303 e. The molecule has 0 aromatic heterocycles. The Morgan fingerprint density at radius 1 is 0.829 bits per heavy atom. The lowest BCUT2D eigenvalue weighted by Crippen LogP contribution is -2.40. The van der Waals surface area contributed by atoms with E-state index in [1.54, 1.807) is 30.3 Å². The number of halogens is 1. The van der Waals surface area contributed by atoms with E-state index in [0.29, 0.717) is 60.4 Å². The molecule has 1 unspecified atom stereocenters. The average molecular weight is 546 g/mol. The van der Waals surface area contributed by atoms with E-state index >= 15 is 0 Å². The van der Waals surface area contributed by atoms with E-state index in [1.165, 1.54) is 36.7 Å². The van der Waals surface area contributed by atoms with Gasteiger partial charge < -0.3 is 4.90 Å². The maximum absolute atomic E-state index is 13.2. The van der Waals surface area contributed by atoms with E-state index in [4.69, 9.17) is 11.6 Å². The maximum Gasteiger partial charge on any atom is 0.243 e. The van der Waals surface area contributed by atoms with Crippen LogP contribution in [0.4, 0.5) is 0 Å². The number of benzene rings is 1. The normalized spacial score (nSPS) is 23.9. The third-order valence-corrected chi connectivity index (χ3v) is 12.4. The second-order valence-electron chi connectivity index (χ2n) is 10.7. The fraction of sp³-hybridized carbons (Fsp3) is 0.760. The van der Waals surface area contributed by atoms with Crippen molar-refractivity contribution < 1.29 is 16.8 Å². The van der Waals surface area contributed by atoms with Gasteiger partial charge in [0.05, 0.1) is 10.6 Å². The third-order valence-electron chi connectivity index (χ3n) is 8.13. The molecule has 10 heteroatoms. The van der Waals surface area contributed by atoms with E-state index in [1.807, 2.05) is 0 Å². The molecule has 3 aliphatic rings. The van der Waals surface area contributed by atoms with Gasteiger partial charge in [-0.15, -0.1) is 0 Å². The van der Waals surface area contributed by atoms with Gasteiger partial charge in [0.25, 0.3) is 0 Å². The maximum atomic E-state index is 13.2. The first-order valence-corrected chi connectivity index (χ1v) is 16.5. The highest BCUT2D eigenvalue weighted by Gasteiger charge is 2.35. The molecule has 0 radical (unpaired) electrons. The Bertz CT molecular complexity index is 1100. The van der Waals surface area contributed by atoms with Gasteiger partial charge in [0.2, 0.25) is 20.0 Å². The number of hydrogen-bond donors (Lipinski definition) is 0. The molecule has 3 fully saturated rings. The zero-order valence-electron chi connectivity index (χ0n) is 21.1. The lowest BCUT2D eigenvalue weighted by atomic mass is 9.94. The van der Waals surface area contributed by atoms with Crippen LogP contribution < -0.4 is 0 Å². The van der Waals surface area contributed by atoms with Crippen LogP contribution in [0, 0.1) is 25.7 Å². The van der Waals surface area contributed by atoms with Crippen molar-refractivity contribution in [1.29, 1.82) is 0 Å². The molecular formula is C25H40ClN3O4S2. The predicted octanol–water partition coefficient (Wildman–Crippen LogP) is 3.89. The van der Waals surface area contributed by atoms with Crippen LogP contribution in [-0.4, -0.2) is 81.9 Å². The van der Waals surface area contributed by atoms with Crippen molar-refractivity contribution in [2.24, 2.45) is 11.8 Å². The zero-order valence-corrected chi connectivity index (χ0v) is 23.5. The van der Waals surface area contributed by atoms with Crippen molar-refractivity contribution in [3.8, 4) is 0 Å². The van der Waals surface area contributed by atoms with E-state index in [2.05, 4.69) is 4.90 Å². The van der Waals surface area contributed by atoms with Gasteiger partial charge in [0.1, 0.15) is 0 Å². The van der Waals surface area contributed by atoms with Gasteiger partial charge >= 0.3 is 0 Å². The van der Waals surface area contributed by atoms with Crippen LogP contribution in [0.25, 0.3) is 0 Å². The fourth-order valence-electron chi connectivity index (χ4n) is 5.71. The summed E-state index contributed by atoms with van der Waals surface area (Å²) in [5.41, 5.74) is 1.37. The highest BCUT2D eigenvalue weighted by atomic mass is 35.5. The average Bonchev–Trinajstić information content (AvgIpc) is 3.51. The van der Waals surface area contributed by atoms with Gasteiger partial charge in [-0.2, -0.15) is 4.31 Å². The molecule has 35 heavy (non-hydrogen) atoms. The second kappa shape index (κ2) is 11.4. The summed E-state index contributed by atoms with van der Waals surface area (Å²) >= 11 is 6.15. The molecule has 0 N–H and O–H groups in total. The number of piperidine rings is 1. The molecule has 7 nitrogen and oxygen atoms in total. The smallest absolute Gasteiger partial charge is 0.243 e. The van der Waals surface area contributed by atoms with Gasteiger partial charge in [-0.25, -0.2) is 21.1 Å². The van der Waals surface area contributed by atoms with Gasteiger partial charge in [0, 0.05) is 31.2 Å². The van der Waals surface area contributed by atoms with Crippen molar-refractivity contribution in [2.75, 3.05) is 51.6 Å². The second-order valence-corrected chi connectivity index (χ2v) is 15.1. The van der Waals surface area contributed by atoms with Crippen LogP contribution in [0.2, 0.25) is 5.02 Å². The number of sulfonamides is 2. The van der Waals surface area contributed by atoms with Crippen molar-refractivity contribution >= 4 is 31.6 Å². The van der Waals surface area contributed by atoms with Crippen LogP contribution >= 0.6 is 11.6 Å². The third kappa shape index (κ3) is 6.60. The summed E-state index contributed by atoms with van der Waals surface area (Å²) in [5.74, 6) is 0.783. The number of rotatable bonds is 9. The number of hydrogen-bond acceptors (Lipinski definition) is 5. The Labute approximate surface area is 216 Å². The first-order chi connectivity index (χ1) is 16.6. The molecule has 1 aromatic carbocycles. The van der Waals surface area contributed by atoms with Gasteiger partial charge in [-0.1, -0.05) is 11.6 Å². The molecule has 3 aliphatic heterocycles. The standard InChI is InChI=1S/C25H40ClN3O4S2/c1-20-18-25(21(2)17-24(20)26)35(32,33)29-15-8-23(19-29)9-16-34(30,31)28-13-6-22(7-14-28)5-12-27-10-3-4-11-27/h17-18,22-23H,3-16,19H2,1-2H3. The molecule has 0 spiro atoms. The molecule has 3 heterocycles. The van der Waals surface area contributed by atoms with Crippen LogP contribution in [0.3, 0.4) is 0 Å². The summed E-state index contributed by atoms with van der Waals surface area (Å²) in [6.45, 7) is 9.17. The van der Waals surface area contributed by atoms with Crippen LogP contribution in [0.15, 0.2) is 17.0 Å². The summed E-state index contributed by atoms with van der Waals surface area (Å²) in [4.78, 5) is 2.82. The Balaban J connectivity index is 1.25. The molecule has 0 aliphatic carbocycles. The molecular weight excluding hydrogens is 506 g/mol. The number of nitrogens with zero attached hydrogens (tertiary/aromatic N) is 3. The minimum absolute atomic E-state index is 0.0613. The first kappa shape index (κ1) is 27.3. The van der Waals surface area contributed by atoms with Crippen LogP contribution in [0.1, 0.15) is 56.1 Å². The van der Waals surface area contributed by atoms with Crippen molar-refractivity contribution in [3.05, 3.63) is 28.3 Å². The van der Waals surface area contributed by atoms with E-state index in [0.717, 1.165) is 24.9 Å². The minimum atomic E-state index is -3.62. The topological polar surface area (TPSA) is 78.0 Å². The quantitative estimate of drug-likeness (QED) is 0.470. The van der Waals surface area contributed by atoms with E-state index < -0.39 is 20.0 Å². The Hall–Kier alpha value is -0.710. The highest BCUT2D eigenvalue weighted by molar-refractivity contribution is 7.89. The van der Waals surface area contributed by atoms with Crippen molar-refractivity contribution in [3.63, 3.8) is 0 Å². The highest BCUT2D eigenvalue weighted by Crippen LogP contribution is 2.31. The summed E-state index contributed by atoms with van der Waals surface area (Å²) in [6.07, 6.45) is 6.88. The van der Waals surface area contributed by atoms with Crippen LogP contribution in [-0.2, 0) is 20.0 Å². The lowest BCUT2D eigenvalue weighted by Gasteiger charge is -2.32. The van der Waals surface area contributed by atoms with Gasteiger partial charge in [-0.05, 0) is 114 Å². The molecule has 0 saturated carbocycles. The van der Waals surface area contributed by atoms with Crippen molar-refractivity contribution in [1.82, 2.24) is 13.5 Å². The largest absolute Gasteiger partial charge is 0.303 e. The summed E-state index contributed by atoms with van der Waals surface area (Å²) in [7, 11) is -6.93. The first-order valence-electron chi connectivity index (χ1n) is 13.0. The molecule has 0 bridgehead atoms. The van der Waals surface area contributed by atoms with E-state index in [-0.39, 0.29) is 11.7 Å². The molecule has 0 amide bonds. The van der Waals surface area contributed by atoms with Gasteiger partial charge in [0.15, 0.2) is 0 Å². The van der Waals surface area contributed by atoms with Crippen LogP contribution in [0.5, 0.6) is 0 Å². The molecule has 3 saturated heterocycles. The molecule has 198 valence electrons.